The molecule has 0 spiro atoms. The zero-order valence-corrected chi connectivity index (χ0v) is 14.5. The predicted octanol–water partition coefficient (Wildman–Crippen LogP) is 1.24. The molecule has 2 N–H and O–H groups in total. The maximum absolute atomic E-state index is 14.1. The number of sulfone groups is 1. The highest BCUT2D eigenvalue weighted by atomic mass is 79.9. The summed E-state index contributed by atoms with van der Waals surface area (Å²) in [7, 11) is -7.45. The molecular weight excluding hydrogens is 411 g/mol. The number of hydrogen-bond acceptors (Lipinski definition) is 5. The molecule has 6 nitrogen and oxygen atoms in total. The molecule has 0 radical (unpaired) electrons. The van der Waals surface area contributed by atoms with E-state index in [2.05, 4.69) is 15.9 Å². The summed E-state index contributed by atoms with van der Waals surface area (Å²) in [6.45, 7) is -0.449. The molecule has 2 rings (SSSR count). The average molecular weight is 422 g/mol. The smallest absolute Gasteiger partial charge is 0.246 e. The molecule has 11 heteroatoms. The van der Waals surface area contributed by atoms with E-state index in [1.165, 1.54) is 0 Å². The number of halogens is 3. The highest BCUT2D eigenvalue weighted by Crippen LogP contribution is 2.35. The minimum atomic E-state index is -4.20. The molecule has 1 saturated heterocycles. The first kappa shape index (κ1) is 16.9. The second-order valence-corrected chi connectivity index (χ2v) is 9.86. The average Bonchev–Trinajstić information content (AvgIpc) is 2.40. The highest BCUT2D eigenvalue weighted by molar-refractivity contribution is 9.10. The van der Waals surface area contributed by atoms with Gasteiger partial charge < -0.3 is 5.73 Å². The molecule has 0 saturated carbocycles. The van der Waals surface area contributed by atoms with E-state index >= 15 is 0 Å². The lowest BCUT2D eigenvalue weighted by Gasteiger charge is -2.26. The van der Waals surface area contributed by atoms with Crippen molar-refractivity contribution in [3.63, 3.8) is 0 Å². The second-order valence-electron chi connectivity index (χ2n) is 4.45. The molecule has 1 fully saturated rings. The second kappa shape index (κ2) is 5.65. The van der Waals surface area contributed by atoms with Crippen LogP contribution in [0.1, 0.15) is 0 Å². The lowest BCUT2D eigenvalue weighted by Crippen LogP contribution is -2.43. The van der Waals surface area contributed by atoms with E-state index in [0.29, 0.717) is 0 Å². The summed E-state index contributed by atoms with van der Waals surface area (Å²) in [4.78, 5) is -0.660. The molecule has 0 unspecified atom stereocenters. The van der Waals surface area contributed by atoms with Crippen molar-refractivity contribution in [1.82, 2.24) is 4.31 Å². The number of anilines is 1. The predicted molar refractivity (Wildman–Crippen MR) is 80.9 cm³/mol. The molecular formula is C10H11BrClFN2O4S2. The SMILES string of the molecule is Nc1c(F)c(S(=O)(=O)N2CCS(=O)(=O)CC2)cc(Cl)c1Br. The van der Waals surface area contributed by atoms with Crippen LogP contribution in [0.15, 0.2) is 15.4 Å². The van der Waals surface area contributed by atoms with Crippen LogP contribution in [0.5, 0.6) is 0 Å². The first-order chi connectivity index (χ1) is 9.56. The van der Waals surface area contributed by atoms with Gasteiger partial charge in [-0.2, -0.15) is 4.31 Å². The molecule has 0 bridgehead atoms. The Morgan fingerprint density at radius 3 is 2.38 bits per heavy atom. The topological polar surface area (TPSA) is 97.5 Å². The molecule has 21 heavy (non-hydrogen) atoms. The van der Waals surface area contributed by atoms with Crippen LogP contribution in [0, 0.1) is 5.82 Å². The van der Waals surface area contributed by atoms with E-state index in [4.69, 9.17) is 17.3 Å². The Kier molecular flexibility index (Phi) is 4.56. The number of hydrogen-bond donors (Lipinski definition) is 1. The standard InChI is InChI=1S/C10H11BrClFN2O4S2/c11-8-6(12)5-7(9(13)10(8)14)21(18,19)15-1-3-20(16,17)4-2-15/h5H,1-4,14H2. The maximum Gasteiger partial charge on any atom is 0.246 e. The molecule has 0 aliphatic carbocycles. The highest BCUT2D eigenvalue weighted by Gasteiger charge is 2.34. The minimum absolute atomic E-state index is 0.0443. The number of nitrogen functional groups attached to an aromatic ring is 1. The van der Waals surface area contributed by atoms with Gasteiger partial charge in [-0.3, -0.25) is 0 Å². The van der Waals surface area contributed by atoms with Crippen molar-refractivity contribution in [3.05, 3.63) is 21.4 Å². The van der Waals surface area contributed by atoms with Gasteiger partial charge in [0.05, 0.1) is 26.7 Å². The normalized spacial score (nSPS) is 19.6. The van der Waals surface area contributed by atoms with Gasteiger partial charge in [-0.15, -0.1) is 0 Å². The third-order valence-corrected chi connectivity index (χ3v) is 7.97. The van der Waals surface area contributed by atoms with Gasteiger partial charge in [0.1, 0.15) is 4.90 Å². The molecule has 118 valence electrons. The zero-order valence-electron chi connectivity index (χ0n) is 10.5. The molecule has 0 atom stereocenters. The Hall–Kier alpha value is -0.420. The van der Waals surface area contributed by atoms with E-state index in [1.807, 2.05) is 0 Å². The van der Waals surface area contributed by atoms with Crippen molar-refractivity contribution in [1.29, 1.82) is 0 Å². The number of rotatable bonds is 2. The summed E-state index contributed by atoms with van der Waals surface area (Å²) >= 11 is 8.77. The van der Waals surface area contributed by atoms with Gasteiger partial charge in [0.25, 0.3) is 0 Å². The summed E-state index contributed by atoms with van der Waals surface area (Å²) in [5.41, 5.74) is 5.06. The van der Waals surface area contributed by atoms with Crippen molar-refractivity contribution in [3.8, 4) is 0 Å². The lowest BCUT2D eigenvalue weighted by atomic mass is 10.3. The number of nitrogens with two attached hydrogens (primary N) is 1. The van der Waals surface area contributed by atoms with Gasteiger partial charge >= 0.3 is 0 Å². The number of nitrogens with zero attached hydrogens (tertiary/aromatic N) is 1. The van der Waals surface area contributed by atoms with Crippen LogP contribution < -0.4 is 5.73 Å². The Bertz CT molecular complexity index is 784. The van der Waals surface area contributed by atoms with Gasteiger partial charge in [0.15, 0.2) is 15.7 Å². The third kappa shape index (κ3) is 3.19. The van der Waals surface area contributed by atoms with E-state index in [9.17, 15) is 21.2 Å². The lowest BCUT2D eigenvalue weighted by molar-refractivity contribution is 0.427. The van der Waals surface area contributed by atoms with E-state index in [-0.39, 0.29) is 34.1 Å². The Balaban J connectivity index is 2.46. The fraction of sp³-hybridized carbons (Fsp3) is 0.400. The van der Waals surface area contributed by atoms with Crippen LogP contribution in [0.4, 0.5) is 10.1 Å². The Labute approximate surface area is 135 Å². The third-order valence-electron chi connectivity index (χ3n) is 3.08. The van der Waals surface area contributed by atoms with Gasteiger partial charge in [-0.05, 0) is 22.0 Å². The first-order valence-corrected chi connectivity index (χ1v) is 10.1. The van der Waals surface area contributed by atoms with E-state index < -0.39 is 36.3 Å². The van der Waals surface area contributed by atoms with Gasteiger partial charge in [0.2, 0.25) is 10.0 Å². The monoisotopic (exact) mass is 420 g/mol. The van der Waals surface area contributed by atoms with Crippen molar-refractivity contribution in [2.75, 3.05) is 30.3 Å². The maximum atomic E-state index is 14.1. The largest absolute Gasteiger partial charge is 0.395 e. The molecule has 0 aromatic heterocycles. The Morgan fingerprint density at radius 2 is 1.86 bits per heavy atom. The molecule has 0 amide bonds. The van der Waals surface area contributed by atoms with Crippen molar-refractivity contribution in [2.24, 2.45) is 0 Å². The molecule has 1 aliphatic rings. The zero-order chi connectivity index (χ0) is 16.0. The van der Waals surface area contributed by atoms with Crippen LogP contribution in [0.25, 0.3) is 0 Å². The van der Waals surface area contributed by atoms with E-state index in [0.717, 1.165) is 10.4 Å². The quantitative estimate of drug-likeness (QED) is 0.572. The summed E-state index contributed by atoms with van der Waals surface area (Å²) in [6.07, 6.45) is 0. The number of benzene rings is 1. The van der Waals surface area contributed by atoms with Crippen LogP contribution in [-0.2, 0) is 19.9 Å². The van der Waals surface area contributed by atoms with Crippen LogP contribution >= 0.6 is 27.5 Å². The van der Waals surface area contributed by atoms with Crippen molar-refractivity contribution < 1.29 is 21.2 Å². The molecule has 1 aromatic carbocycles. The minimum Gasteiger partial charge on any atom is -0.395 e. The summed E-state index contributed by atoms with van der Waals surface area (Å²) in [5.74, 6) is -1.71. The van der Waals surface area contributed by atoms with Crippen molar-refractivity contribution >= 4 is 53.1 Å². The van der Waals surface area contributed by atoms with Gasteiger partial charge in [0, 0.05) is 13.1 Å². The van der Waals surface area contributed by atoms with Crippen molar-refractivity contribution in [2.45, 2.75) is 4.90 Å². The summed E-state index contributed by atoms with van der Waals surface area (Å²) in [5, 5.41) is -0.0443. The van der Waals surface area contributed by atoms with Gasteiger partial charge in [-0.25, -0.2) is 21.2 Å². The summed E-state index contributed by atoms with van der Waals surface area (Å²) in [6, 6.07) is 0.954. The van der Waals surface area contributed by atoms with Crippen LogP contribution in [0.2, 0.25) is 5.02 Å². The Morgan fingerprint density at radius 1 is 1.33 bits per heavy atom. The van der Waals surface area contributed by atoms with Crippen LogP contribution in [0.3, 0.4) is 0 Å². The fourth-order valence-corrected chi connectivity index (χ4v) is 5.40. The summed E-state index contributed by atoms with van der Waals surface area (Å²) < 4.78 is 62.6. The number of sulfonamides is 1. The molecule has 1 aromatic rings. The molecule has 1 aliphatic heterocycles. The van der Waals surface area contributed by atoms with E-state index in [1.54, 1.807) is 0 Å². The van der Waals surface area contributed by atoms with Gasteiger partial charge in [-0.1, -0.05) is 11.6 Å². The van der Waals surface area contributed by atoms with Crippen LogP contribution in [-0.4, -0.2) is 45.7 Å². The fourth-order valence-electron chi connectivity index (χ4n) is 1.86. The molecule has 1 heterocycles. The first-order valence-electron chi connectivity index (χ1n) is 5.70.